The second-order valence-electron chi connectivity index (χ2n) is 4.46. The highest BCUT2D eigenvalue weighted by Gasteiger charge is 2.20. The minimum absolute atomic E-state index is 0.126. The summed E-state index contributed by atoms with van der Waals surface area (Å²) in [5.41, 5.74) is 1.82. The summed E-state index contributed by atoms with van der Waals surface area (Å²) in [4.78, 5) is 0. The molecule has 1 saturated heterocycles. The predicted octanol–water partition coefficient (Wildman–Crippen LogP) is 3.20. The van der Waals surface area contributed by atoms with Gasteiger partial charge in [-0.1, -0.05) is 6.07 Å². The summed E-state index contributed by atoms with van der Waals surface area (Å²) in [5.74, 6) is 0.149. The summed E-state index contributed by atoms with van der Waals surface area (Å²) in [6.45, 7) is 2.42. The van der Waals surface area contributed by atoms with Crippen molar-refractivity contribution in [1.82, 2.24) is 5.32 Å². The fourth-order valence-corrected chi connectivity index (χ4v) is 2.86. The van der Waals surface area contributed by atoms with Crippen molar-refractivity contribution in [3.8, 4) is 0 Å². The van der Waals surface area contributed by atoms with Crippen LogP contribution in [-0.4, -0.2) is 20.2 Å². The molecule has 0 aromatic heterocycles. The molecule has 2 nitrogen and oxygen atoms in total. The quantitative estimate of drug-likeness (QED) is 0.926. The SMILES string of the molecule is COCc1cc(Br)c(F)c(C2CCCNC2)c1. The van der Waals surface area contributed by atoms with Crippen LogP contribution in [0.2, 0.25) is 0 Å². The van der Waals surface area contributed by atoms with Gasteiger partial charge in [0, 0.05) is 13.7 Å². The molecule has 1 unspecified atom stereocenters. The lowest BCUT2D eigenvalue weighted by molar-refractivity contribution is 0.184. The molecule has 94 valence electrons. The van der Waals surface area contributed by atoms with Crippen LogP contribution in [0.5, 0.6) is 0 Å². The first kappa shape index (κ1) is 13.0. The first-order valence-electron chi connectivity index (χ1n) is 5.90. The van der Waals surface area contributed by atoms with Crippen LogP contribution >= 0.6 is 15.9 Å². The summed E-state index contributed by atoms with van der Waals surface area (Å²) >= 11 is 3.28. The first-order chi connectivity index (χ1) is 8.22. The monoisotopic (exact) mass is 301 g/mol. The van der Waals surface area contributed by atoms with Crippen LogP contribution in [0.3, 0.4) is 0 Å². The summed E-state index contributed by atoms with van der Waals surface area (Å²) in [6, 6.07) is 3.72. The van der Waals surface area contributed by atoms with E-state index < -0.39 is 0 Å². The van der Waals surface area contributed by atoms with Crippen molar-refractivity contribution < 1.29 is 9.13 Å². The van der Waals surface area contributed by atoms with E-state index in [4.69, 9.17) is 4.74 Å². The van der Waals surface area contributed by atoms with Crippen LogP contribution in [0.25, 0.3) is 0 Å². The number of ether oxygens (including phenoxy) is 1. The third kappa shape index (κ3) is 3.06. The number of hydrogen-bond donors (Lipinski definition) is 1. The molecule has 2 rings (SSSR count). The lowest BCUT2D eigenvalue weighted by Crippen LogP contribution is -2.29. The van der Waals surface area contributed by atoms with Gasteiger partial charge in [0.05, 0.1) is 11.1 Å². The third-order valence-electron chi connectivity index (χ3n) is 3.16. The normalized spacial score (nSPS) is 20.5. The molecule has 0 aliphatic carbocycles. The van der Waals surface area contributed by atoms with Crippen molar-refractivity contribution in [3.05, 3.63) is 33.5 Å². The topological polar surface area (TPSA) is 21.3 Å². The van der Waals surface area contributed by atoms with Gasteiger partial charge in [-0.2, -0.15) is 0 Å². The van der Waals surface area contributed by atoms with Crippen LogP contribution in [-0.2, 0) is 11.3 Å². The van der Waals surface area contributed by atoms with E-state index in [1.54, 1.807) is 13.2 Å². The van der Waals surface area contributed by atoms with Crippen molar-refractivity contribution in [3.63, 3.8) is 0 Å². The molecule has 0 amide bonds. The largest absolute Gasteiger partial charge is 0.380 e. The van der Waals surface area contributed by atoms with Crippen molar-refractivity contribution in [2.45, 2.75) is 25.4 Å². The van der Waals surface area contributed by atoms with E-state index >= 15 is 0 Å². The van der Waals surface area contributed by atoms with Crippen LogP contribution in [0.4, 0.5) is 4.39 Å². The minimum Gasteiger partial charge on any atom is -0.380 e. The zero-order valence-electron chi connectivity index (χ0n) is 9.93. The molecule has 1 heterocycles. The van der Waals surface area contributed by atoms with E-state index in [2.05, 4.69) is 21.2 Å². The van der Waals surface area contributed by atoms with Crippen LogP contribution < -0.4 is 5.32 Å². The van der Waals surface area contributed by atoms with Crippen molar-refractivity contribution in [1.29, 1.82) is 0 Å². The minimum atomic E-state index is -0.126. The molecular formula is C13H17BrFNO. The second-order valence-corrected chi connectivity index (χ2v) is 5.31. The molecule has 1 fully saturated rings. The molecule has 0 radical (unpaired) electrons. The predicted molar refractivity (Wildman–Crippen MR) is 69.7 cm³/mol. The average Bonchev–Trinajstić information content (AvgIpc) is 2.35. The highest BCUT2D eigenvalue weighted by Crippen LogP contribution is 2.30. The van der Waals surface area contributed by atoms with E-state index in [1.165, 1.54) is 0 Å². The van der Waals surface area contributed by atoms with Gasteiger partial charge in [0.15, 0.2) is 0 Å². The van der Waals surface area contributed by atoms with Gasteiger partial charge >= 0.3 is 0 Å². The van der Waals surface area contributed by atoms with Gasteiger partial charge in [-0.25, -0.2) is 4.39 Å². The highest BCUT2D eigenvalue weighted by atomic mass is 79.9. The van der Waals surface area contributed by atoms with E-state index in [-0.39, 0.29) is 11.7 Å². The van der Waals surface area contributed by atoms with Crippen LogP contribution in [0.15, 0.2) is 16.6 Å². The van der Waals surface area contributed by atoms with Gasteiger partial charge in [0.2, 0.25) is 0 Å². The molecule has 0 saturated carbocycles. The Morgan fingerprint density at radius 3 is 3.00 bits per heavy atom. The molecule has 1 aliphatic heterocycles. The van der Waals surface area contributed by atoms with E-state index in [9.17, 15) is 4.39 Å². The van der Waals surface area contributed by atoms with Gasteiger partial charge < -0.3 is 10.1 Å². The smallest absolute Gasteiger partial charge is 0.140 e. The van der Waals surface area contributed by atoms with Gasteiger partial charge in [0.1, 0.15) is 5.82 Å². The summed E-state index contributed by atoms with van der Waals surface area (Å²) in [6.07, 6.45) is 2.16. The molecule has 1 aromatic carbocycles. The molecule has 1 atom stereocenters. The Bertz CT molecular complexity index is 391. The number of halogens is 2. The summed E-state index contributed by atoms with van der Waals surface area (Å²) in [7, 11) is 1.65. The standard InChI is InChI=1S/C13H17BrFNO/c1-17-8-9-5-11(13(15)12(14)6-9)10-3-2-4-16-7-10/h5-6,10,16H,2-4,7-8H2,1H3. The third-order valence-corrected chi connectivity index (χ3v) is 3.74. The number of rotatable bonds is 3. The second kappa shape index (κ2) is 5.94. The number of hydrogen-bond acceptors (Lipinski definition) is 2. The molecule has 1 aromatic rings. The van der Waals surface area contributed by atoms with E-state index in [1.807, 2.05) is 6.07 Å². The molecule has 0 spiro atoms. The molecule has 0 bridgehead atoms. The maximum absolute atomic E-state index is 14.1. The lowest BCUT2D eigenvalue weighted by Gasteiger charge is -2.24. The zero-order valence-corrected chi connectivity index (χ0v) is 11.5. The first-order valence-corrected chi connectivity index (χ1v) is 6.69. The fraction of sp³-hybridized carbons (Fsp3) is 0.538. The average molecular weight is 302 g/mol. The number of nitrogens with one attached hydrogen (secondary N) is 1. The maximum atomic E-state index is 14.1. The Labute approximate surface area is 110 Å². The Balaban J connectivity index is 2.29. The number of piperidine rings is 1. The van der Waals surface area contributed by atoms with Crippen molar-refractivity contribution in [2.24, 2.45) is 0 Å². The summed E-state index contributed by atoms with van der Waals surface area (Å²) < 4.78 is 19.7. The zero-order chi connectivity index (χ0) is 12.3. The van der Waals surface area contributed by atoms with Crippen LogP contribution in [0.1, 0.15) is 29.9 Å². The lowest BCUT2D eigenvalue weighted by atomic mass is 9.90. The number of methoxy groups -OCH3 is 1. The van der Waals surface area contributed by atoms with Gasteiger partial charge in [0.25, 0.3) is 0 Å². The Hall–Kier alpha value is -0.450. The molecule has 17 heavy (non-hydrogen) atoms. The molecule has 4 heteroatoms. The van der Waals surface area contributed by atoms with Crippen molar-refractivity contribution >= 4 is 15.9 Å². The number of benzene rings is 1. The fourth-order valence-electron chi connectivity index (χ4n) is 2.33. The molecule has 1 aliphatic rings. The van der Waals surface area contributed by atoms with Crippen molar-refractivity contribution in [2.75, 3.05) is 20.2 Å². The molecular weight excluding hydrogens is 285 g/mol. The Kier molecular flexibility index (Phi) is 4.54. The van der Waals surface area contributed by atoms with Gasteiger partial charge in [-0.15, -0.1) is 0 Å². The molecule has 1 N–H and O–H groups in total. The Morgan fingerprint density at radius 1 is 1.53 bits per heavy atom. The maximum Gasteiger partial charge on any atom is 0.140 e. The van der Waals surface area contributed by atoms with E-state index in [0.29, 0.717) is 11.1 Å². The Morgan fingerprint density at radius 2 is 2.35 bits per heavy atom. The van der Waals surface area contributed by atoms with Gasteiger partial charge in [-0.3, -0.25) is 0 Å². The van der Waals surface area contributed by atoms with E-state index in [0.717, 1.165) is 37.1 Å². The highest BCUT2D eigenvalue weighted by molar-refractivity contribution is 9.10. The van der Waals surface area contributed by atoms with Crippen LogP contribution in [0, 0.1) is 5.82 Å². The van der Waals surface area contributed by atoms with Gasteiger partial charge in [-0.05, 0) is 58.4 Å². The summed E-state index contributed by atoms with van der Waals surface area (Å²) in [5, 5.41) is 3.32.